The Hall–Kier alpha value is -1.94. The SMILES string of the molecule is CCC(C)CCCCCCCCCCCCCCCCC(=O)O[C@H](COC(=O)CCCCCCCCCCCCCCCC(C)C)COP(=O)(O)OC[C@@H](O)COP(=O)(O)OC[C@@H](COC(=O)CCCCCCCCC(C)CC)OC(=O)CCCCCCCCC(C)CC. The summed E-state index contributed by atoms with van der Waals surface area (Å²) < 4.78 is 68.4. The highest BCUT2D eigenvalue weighted by atomic mass is 31.2. The molecule has 0 bridgehead atoms. The number of carbonyl (C=O) groups is 4. The quantitative estimate of drug-likeness (QED) is 0.0222. The second-order valence-electron chi connectivity index (χ2n) is 28.2. The van der Waals surface area contributed by atoms with Crippen LogP contribution < -0.4 is 0 Å². The van der Waals surface area contributed by atoms with Crippen LogP contribution in [0.3, 0.4) is 0 Å². The van der Waals surface area contributed by atoms with E-state index < -0.39 is 97.5 Å². The Balaban J connectivity index is 5.24. The van der Waals surface area contributed by atoms with Crippen LogP contribution in [0.1, 0.15) is 376 Å². The third kappa shape index (κ3) is 64.7. The first-order valence-electron chi connectivity index (χ1n) is 38.8. The largest absolute Gasteiger partial charge is 0.472 e. The van der Waals surface area contributed by atoms with Crippen molar-refractivity contribution in [1.82, 2.24) is 0 Å². The highest BCUT2D eigenvalue weighted by Crippen LogP contribution is 2.45. The van der Waals surface area contributed by atoms with Crippen molar-refractivity contribution in [2.75, 3.05) is 39.6 Å². The van der Waals surface area contributed by atoms with E-state index in [1.165, 1.54) is 173 Å². The summed E-state index contributed by atoms with van der Waals surface area (Å²) in [4.78, 5) is 72.7. The topological polar surface area (TPSA) is 237 Å². The lowest BCUT2D eigenvalue weighted by Gasteiger charge is -2.21. The van der Waals surface area contributed by atoms with Crippen molar-refractivity contribution in [3.63, 3.8) is 0 Å². The highest BCUT2D eigenvalue weighted by Gasteiger charge is 2.30. The molecule has 0 spiro atoms. The van der Waals surface area contributed by atoms with Crippen molar-refractivity contribution in [3.05, 3.63) is 0 Å². The van der Waals surface area contributed by atoms with Gasteiger partial charge in [-0.25, -0.2) is 9.13 Å². The van der Waals surface area contributed by atoms with Crippen LogP contribution in [0.25, 0.3) is 0 Å². The number of aliphatic hydroxyl groups excluding tert-OH is 1. The van der Waals surface area contributed by atoms with E-state index in [9.17, 15) is 43.2 Å². The fraction of sp³-hybridized carbons (Fsp3) is 0.947. The number of phosphoric acid groups is 2. The Kier molecular flexibility index (Phi) is 63.1. The van der Waals surface area contributed by atoms with Crippen LogP contribution >= 0.6 is 15.6 Å². The third-order valence-electron chi connectivity index (χ3n) is 18.4. The average molecular weight is 1380 g/mol. The van der Waals surface area contributed by atoms with E-state index in [1.807, 2.05) is 0 Å². The standard InChI is InChI=1S/C75H146O17P2/c1-9-66(6)52-44-36-28-24-20-16-12-13-17-22-26-30-41-49-57-74(79)91-70(61-85-72(77)55-47-39-29-25-21-18-14-15-19-23-27-35-43-51-65(4)5)63-89-93(81,82)87-59-69(76)60-88-94(83,84)90-64-71(92-75(80)58-50-42-34-32-38-46-54-68(8)11-3)62-86-73(78)56-48-40-33-31-37-45-53-67(7)10-2/h65-71,76H,9-64H2,1-8H3,(H,81,82)(H,83,84)/t66?,67?,68?,69-,70-,71-/m1/s1. The number of ether oxygens (including phenoxy) is 4. The molecule has 0 fully saturated rings. The molecule has 0 aromatic heterocycles. The Bertz CT molecular complexity index is 1860. The zero-order valence-electron chi connectivity index (χ0n) is 61.6. The van der Waals surface area contributed by atoms with E-state index in [2.05, 4.69) is 55.4 Å². The maximum absolute atomic E-state index is 13.1. The van der Waals surface area contributed by atoms with Crippen LogP contribution in [-0.2, 0) is 65.4 Å². The number of esters is 4. The summed E-state index contributed by atoms with van der Waals surface area (Å²) in [5.74, 6) is 0.962. The molecule has 17 nitrogen and oxygen atoms in total. The van der Waals surface area contributed by atoms with Gasteiger partial charge in [0.1, 0.15) is 19.3 Å². The van der Waals surface area contributed by atoms with E-state index in [1.54, 1.807) is 0 Å². The second-order valence-corrected chi connectivity index (χ2v) is 31.1. The molecule has 0 heterocycles. The first-order valence-corrected chi connectivity index (χ1v) is 41.8. The number of aliphatic hydroxyl groups is 1. The molecule has 5 unspecified atom stereocenters. The van der Waals surface area contributed by atoms with Crippen molar-refractivity contribution in [3.8, 4) is 0 Å². The fourth-order valence-corrected chi connectivity index (χ4v) is 12.9. The van der Waals surface area contributed by atoms with Gasteiger partial charge < -0.3 is 33.8 Å². The third-order valence-corrected chi connectivity index (χ3v) is 20.3. The second kappa shape index (κ2) is 64.4. The number of hydrogen-bond acceptors (Lipinski definition) is 15. The molecule has 3 N–H and O–H groups in total. The molecular formula is C75H146O17P2. The van der Waals surface area contributed by atoms with Crippen molar-refractivity contribution >= 4 is 39.5 Å². The number of unbranched alkanes of at least 4 members (excludes halogenated alkanes) is 35. The molecule has 0 saturated carbocycles. The average Bonchev–Trinajstić information content (AvgIpc) is 1.99. The number of phosphoric ester groups is 2. The summed E-state index contributed by atoms with van der Waals surface area (Å²) in [6.45, 7) is 14.2. The van der Waals surface area contributed by atoms with Crippen molar-refractivity contribution in [2.24, 2.45) is 23.7 Å². The molecule has 94 heavy (non-hydrogen) atoms. The normalized spacial score (nSPS) is 15.0. The molecule has 0 saturated heterocycles. The van der Waals surface area contributed by atoms with Gasteiger partial charge in [-0.2, -0.15) is 0 Å². The van der Waals surface area contributed by atoms with E-state index in [-0.39, 0.29) is 25.7 Å². The molecule has 0 aliphatic carbocycles. The van der Waals surface area contributed by atoms with E-state index in [4.69, 9.17) is 37.0 Å². The molecule has 0 aromatic rings. The van der Waals surface area contributed by atoms with E-state index in [0.717, 1.165) is 120 Å². The summed E-state index contributed by atoms with van der Waals surface area (Å²) in [7, 11) is -9.91. The highest BCUT2D eigenvalue weighted by molar-refractivity contribution is 7.47. The summed E-state index contributed by atoms with van der Waals surface area (Å²) in [5, 5.41) is 10.6. The van der Waals surface area contributed by atoms with Gasteiger partial charge in [0.25, 0.3) is 0 Å². The Labute approximate surface area is 575 Å². The van der Waals surface area contributed by atoms with Crippen molar-refractivity contribution < 1.29 is 80.2 Å². The Morgan fingerprint density at radius 3 is 0.755 bits per heavy atom. The Morgan fingerprint density at radius 2 is 0.511 bits per heavy atom. The monoisotopic (exact) mass is 1380 g/mol. The predicted octanol–water partition coefficient (Wildman–Crippen LogP) is 21.7. The molecule has 0 aliphatic heterocycles. The van der Waals surface area contributed by atoms with Gasteiger partial charge in [-0.3, -0.25) is 37.3 Å². The smallest absolute Gasteiger partial charge is 0.462 e. The first kappa shape index (κ1) is 92.1. The minimum Gasteiger partial charge on any atom is -0.462 e. The molecule has 0 rings (SSSR count). The van der Waals surface area contributed by atoms with Gasteiger partial charge in [-0.15, -0.1) is 0 Å². The van der Waals surface area contributed by atoms with Gasteiger partial charge in [0.2, 0.25) is 0 Å². The summed E-state index contributed by atoms with van der Waals surface area (Å²) in [6.07, 6.45) is 48.6. The molecule has 0 amide bonds. The molecule has 8 atom stereocenters. The summed E-state index contributed by atoms with van der Waals surface area (Å²) >= 11 is 0. The van der Waals surface area contributed by atoms with Crippen LogP contribution in [0.15, 0.2) is 0 Å². The van der Waals surface area contributed by atoms with Gasteiger partial charge >= 0.3 is 39.5 Å². The van der Waals surface area contributed by atoms with Crippen LogP contribution in [0, 0.1) is 23.7 Å². The van der Waals surface area contributed by atoms with Crippen LogP contribution in [0.2, 0.25) is 0 Å². The van der Waals surface area contributed by atoms with Crippen molar-refractivity contribution in [2.45, 2.75) is 395 Å². The van der Waals surface area contributed by atoms with Crippen molar-refractivity contribution in [1.29, 1.82) is 0 Å². The van der Waals surface area contributed by atoms with Crippen LogP contribution in [0.4, 0.5) is 0 Å². The maximum Gasteiger partial charge on any atom is 0.472 e. The molecule has 558 valence electrons. The molecule has 0 aromatic carbocycles. The number of carbonyl (C=O) groups excluding carboxylic acids is 4. The van der Waals surface area contributed by atoms with Gasteiger partial charge in [-0.1, -0.05) is 325 Å². The maximum atomic E-state index is 13.1. The lowest BCUT2D eigenvalue weighted by molar-refractivity contribution is -0.161. The van der Waals surface area contributed by atoms with Crippen LogP contribution in [0.5, 0.6) is 0 Å². The minimum atomic E-state index is -4.96. The number of rotatable bonds is 72. The van der Waals surface area contributed by atoms with Gasteiger partial charge in [-0.05, 0) is 49.4 Å². The zero-order chi connectivity index (χ0) is 69.6. The summed E-state index contributed by atoms with van der Waals surface area (Å²) in [6, 6.07) is 0. The lowest BCUT2D eigenvalue weighted by atomic mass is 9.99. The van der Waals surface area contributed by atoms with Gasteiger partial charge in [0.15, 0.2) is 12.2 Å². The zero-order valence-corrected chi connectivity index (χ0v) is 63.4. The molecular weight excluding hydrogens is 1230 g/mol. The van der Waals surface area contributed by atoms with E-state index >= 15 is 0 Å². The van der Waals surface area contributed by atoms with Crippen LogP contribution in [-0.4, -0.2) is 96.7 Å². The van der Waals surface area contributed by atoms with E-state index in [0.29, 0.717) is 25.7 Å². The minimum absolute atomic E-state index is 0.102. The first-order chi connectivity index (χ1) is 45.2. The number of hydrogen-bond donors (Lipinski definition) is 3. The molecule has 0 radical (unpaired) electrons. The predicted molar refractivity (Wildman–Crippen MR) is 381 cm³/mol. The Morgan fingerprint density at radius 1 is 0.298 bits per heavy atom. The van der Waals surface area contributed by atoms with Gasteiger partial charge in [0.05, 0.1) is 26.4 Å². The lowest BCUT2D eigenvalue weighted by Crippen LogP contribution is -2.30. The fourth-order valence-electron chi connectivity index (χ4n) is 11.3. The molecule has 0 aliphatic rings. The molecule has 19 heteroatoms. The summed E-state index contributed by atoms with van der Waals surface area (Å²) in [5.41, 5.74) is 0. The van der Waals surface area contributed by atoms with Gasteiger partial charge in [0, 0.05) is 25.7 Å².